The minimum absolute atomic E-state index is 0.269. The first kappa shape index (κ1) is 12.5. The molecule has 0 atom stereocenters. The summed E-state index contributed by atoms with van der Waals surface area (Å²) in [5.41, 5.74) is 5.92. The summed E-state index contributed by atoms with van der Waals surface area (Å²) < 4.78 is 0. The van der Waals surface area contributed by atoms with Crippen LogP contribution in [0.25, 0.3) is 0 Å². The van der Waals surface area contributed by atoms with Gasteiger partial charge in [-0.05, 0) is 47.0 Å². The van der Waals surface area contributed by atoms with E-state index in [1.165, 1.54) is 19.3 Å². The Kier molecular flexibility index (Phi) is 3.81. The number of nitrogens with zero attached hydrogens (tertiary/aromatic N) is 1. The minimum Gasteiger partial charge on any atom is -0.320 e. The van der Waals surface area contributed by atoms with E-state index in [1.807, 2.05) is 0 Å². The summed E-state index contributed by atoms with van der Waals surface area (Å²) in [6, 6.07) is 0. The third kappa shape index (κ3) is 2.96. The Balaban J connectivity index is 2.77. The van der Waals surface area contributed by atoms with Gasteiger partial charge < -0.3 is 5.73 Å². The number of piperidine rings is 1. The van der Waals surface area contributed by atoms with Gasteiger partial charge in [0.05, 0.1) is 13.1 Å². The summed E-state index contributed by atoms with van der Waals surface area (Å²) in [6.45, 7) is 10.6. The highest BCUT2D eigenvalue weighted by molar-refractivity contribution is 5.07. The summed E-state index contributed by atoms with van der Waals surface area (Å²) in [4.78, 5) is 2.52. The van der Waals surface area contributed by atoms with Crippen molar-refractivity contribution in [3.8, 4) is 11.8 Å². The van der Waals surface area contributed by atoms with E-state index in [0.717, 1.165) is 6.54 Å². The van der Waals surface area contributed by atoms with Gasteiger partial charge in [0, 0.05) is 11.1 Å². The van der Waals surface area contributed by atoms with E-state index >= 15 is 0 Å². The van der Waals surface area contributed by atoms with E-state index in [0.29, 0.717) is 6.54 Å². The number of rotatable bonds is 1. The Bertz CT molecular complexity index is 252. The Morgan fingerprint density at radius 1 is 1.07 bits per heavy atom. The van der Waals surface area contributed by atoms with Crippen molar-refractivity contribution in [3.05, 3.63) is 0 Å². The van der Waals surface area contributed by atoms with Gasteiger partial charge in [0.15, 0.2) is 0 Å². The Labute approximate surface area is 94.2 Å². The second-order valence-electron chi connectivity index (χ2n) is 5.62. The molecule has 86 valence electrons. The van der Waals surface area contributed by atoms with Crippen LogP contribution in [0, 0.1) is 11.8 Å². The van der Waals surface area contributed by atoms with E-state index < -0.39 is 0 Å². The van der Waals surface area contributed by atoms with Crippen LogP contribution in [0.4, 0.5) is 0 Å². The lowest BCUT2D eigenvalue weighted by molar-refractivity contribution is -0.0144. The fraction of sp³-hybridized carbons (Fsp3) is 0.846. The van der Waals surface area contributed by atoms with Crippen LogP contribution in [0.15, 0.2) is 0 Å². The third-order valence-corrected chi connectivity index (χ3v) is 3.50. The molecule has 0 unspecified atom stereocenters. The maximum Gasteiger partial charge on any atom is 0.0611 e. The van der Waals surface area contributed by atoms with E-state index in [-0.39, 0.29) is 11.1 Å². The first-order chi connectivity index (χ1) is 6.90. The summed E-state index contributed by atoms with van der Waals surface area (Å²) in [7, 11) is 0. The van der Waals surface area contributed by atoms with Crippen molar-refractivity contribution in [2.75, 3.05) is 13.1 Å². The Morgan fingerprint density at radius 3 is 2.07 bits per heavy atom. The van der Waals surface area contributed by atoms with Gasteiger partial charge >= 0.3 is 0 Å². The SMILES string of the molecule is CC1(C)CCCC(C)(C)N1CC#CCN. The molecule has 1 heterocycles. The highest BCUT2D eigenvalue weighted by Crippen LogP contribution is 2.37. The Hall–Kier alpha value is -0.520. The van der Waals surface area contributed by atoms with Crippen molar-refractivity contribution >= 4 is 0 Å². The molecule has 2 heteroatoms. The molecule has 0 bridgehead atoms. The number of nitrogens with two attached hydrogens (primary N) is 1. The van der Waals surface area contributed by atoms with Gasteiger partial charge in [-0.1, -0.05) is 11.8 Å². The maximum absolute atomic E-state index is 5.39. The van der Waals surface area contributed by atoms with Crippen molar-refractivity contribution in [3.63, 3.8) is 0 Å². The molecular formula is C13H24N2. The molecule has 1 fully saturated rings. The predicted octanol–water partition coefficient (Wildman–Crippen LogP) is 1.99. The molecule has 1 saturated heterocycles. The highest BCUT2D eigenvalue weighted by atomic mass is 15.2. The lowest BCUT2D eigenvalue weighted by atomic mass is 9.80. The number of likely N-dealkylation sites (tertiary alicyclic amines) is 1. The van der Waals surface area contributed by atoms with Crippen molar-refractivity contribution in [2.45, 2.75) is 58.0 Å². The second kappa shape index (κ2) is 4.55. The average molecular weight is 208 g/mol. The monoisotopic (exact) mass is 208 g/mol. The molecule has 1 aliphatic rings. The Morgan fingerprint density at radius 2 is 1.60 bits per heavy atom. The van der Waals surface area contributed by atoms with Gasteiger partial charge in [-0.2, -0.15) is 0 Å². The molecule has 1 rings (SSSR count). The minimum atomic E-state index is 0.269. The van der Waals surface area contributed by atoms with Gasteiger partial charge in [-0.3, -0.25) is 4.90 Å². The fourth-order valence-corrected chi connectivity index (χ4v) is 2.68. The zero-order chi connectivity index (χ0) is 11.5. The molecule has 0 spiro atoms. The number of hydrogen-bond donors (Lipinski definition) is 1. The first-order valence-electron chi connectivity index (χ1n) is 5.84. The molecular weight excluding hydrogens is 184 g/mol. The van der Waals surface area contributed by atoms with Crippen LogP contribution in [0.2, 0.25) is 0 Å². The van der Waals surface area contributed by atoms with Gasteiger partial charge in [0.2, 0.25) is 0 Å². The molecule has 0 amide bonds. The molecule has 0 aromatic carbocycles. The standard InChI is InChI=1S/C13H24N2/c1-12(2)8-7-9-13(3,4)15(12)11-6-5-10-14/h7-11,14H2,1-4H3. The van der Waals surface area contributed by atoms with E-state index in [2.05, 4.69) is 44.4 Å². The van der Waals surface area contributed by atoms with Crippen LogP contribution in [-0.2, 0) is 0 Å². The molecule has 1 aliphatic heterocycles. The van der Waals surface area contributed by atoms with E-state index in [9.17, 15) is 0 Å². The van der Waals surface area contributed by atoms with Crippen LogP contribution in [-0.4, -0.2) is 29.1 Å². The maximum atomic E-state index is 5.39. The topological polar surface area (TPSA) is 29.3 Å². The first-order valence-corrected chi connectivity index (χ1v) is 5.84. The summed E-state index contributed by atoms with van der Waals surface area (Å²) >= 11 is 0. The van der Waals surface area contributed by atoms with Gasteiger partial charge in [0.1, 0.15) is 0 Å². The van der Waals surface area contributed by atoms with Gasteiger partial charge in [0.25, 0.3) is 0 Å². The average Bonchev–Trinajstić information content (AvgIpc) is 2.09. The molecule has 2 N–H and O–H groups in total. The van der Waals surface area contributed by atoms with Crippen molar-refractivity contribution in [1.29, 1.82) is 0 Å². The molecule has 0 aromatic rings. The van der Waals surface area contributed by atoms with Crippen LogP contribution in [0.3, 0.4) is 0 Å². The normalized spacial score (nSPS) is 24.3. The molecule has 2 nitrogen and oxygen atoms in total. The lowest BCUT2D eigenvalue weighted by Crippen LogP contribution is -2.58. The number of hydrogen-bond acceptors (Lipinski definition) is 2. The largest absolute Gasteiger partial charge is 0.320 e. The molecule has 0 aliphatic carbocycles. The zero-order valence-electron chi connectivity index (χ0n) is 10.6. The van der Waals surface area contributed by atoms with Crippen LogP contribution in [0.1, 0.15) is 47.0 Å². The summed E-state index contributed by atoms with van der Waals surface area (Å²) in [5, 5.41) is 0. The van der Waals surface area contributed by atoms with E-state index in [1.54, 1.807) is 0 Å². The molecule has 15 heavy (non-hydrogen) atoms. The highest BCUT2D eigenvalue weighted by Gasteiger charge is 2.40. The van der Waals surface area contributed by atoms with Crippen molar-refractivity contribution in [1.82, 2.24) is 4.90 Å². The van der Waals surface area contributed by atoms with Crippen molar-refractivity contribution < 1.29 is 0 Å². The predicted molar refractivity (Wildman–Crippen MR) is 65.5 cm³/mol. The molecule has 0 saturated carbocycles. The molecule has 0 aromatic heterocycles. The second-order valence-corrected chi connectivity index (χ2v) is 5.62. The van der Waals surface area contributed by atoms with Crippen molar-refractivity contribution in [2.24, 2.45) is 5.73 Å². The molecule has 0 radical (unpaired) electrons. The summed E-state index contributed by atoms with van der Waals surface area (Å²) in [6.07, 6.45) is 3.85. The lowest BCUT2D eigenvalue weighted by Gasteiger charge is -2.52. The smallest absolute Gasteiger partial charge is 0.0611 e. The van der Waals surface area contributed by atoms with Crippen LogP contribution >= 0.6 is 0 Å². The van der Waals surface area contributed by atoms with Gasteiger partial charge in [-0.15, -0.1) is 0 Å². The van der Waals surface area contributed by atoms with E-state index in [4.69, 9.17) is 5.73 Å². The fourth-order valence-electron chi connectivity index (χ4n) is 2.68. The quantitative estimate of drug-likeness (QED) is 0.668. The third-order valence-electron chi connectivity index (χ3n) is 3.50. The zero-order valence-corrected chi connectivity index (χ0v) is 10.6. The van der Waals surface area contributed by atoms with Crippen LogP contribution in [0.5, 0.6) is 0 Å². The summed E-state index contributed by atoms with van der Waals surface area (Å²) in [5.74, 6) is 6.12. The van der Waals surface area contributed by atoms with Gasteiger partial charge in [-0.25, -0.2) is 0 Å². The van der Waals surface area contributed by atoms with Crippen LogP contribution < -0.4 is 5.73 Å².